The second-order valence-corrected chi connectivity index (χ2v) is 19.4. The number of methoxy groups -OCH3 is 2. The van der Waals surface area contributed by atoms with Crippen LogP contribution < -0.4 is 0 Å². The summed E-state index contributed by atoms with van der Waals surface area (Å²) in [5, 5.41) is 21.4. The predicted octanol–water partition coefficient (Wildman–Crippen LogP) is 4.82. The Bertz CT molecular complexity index is 1590. The highest BCUT2D eigenvalue weighted by Gasteiger charge is 2.91. The van der Waals surface area contributed by atoms with Crippen molar-refractivity contribution in [2.45, 2.75) is 198 Å². The van der Waals surface area contributed by atoms with Gasteiger partial charge in [0.1, 0.15) is 53.6 Å². The zero-order valence-electron chi connectivity index (χ0n) is 36.8. The zero-order chi connectivity index (χ0) is 43.0. The number of carbonyl (C=O) groups is 3. The third-order valence-electron chi connectivity index (χ3n) is 16.5. The molecule has 2 spiro atoms. The molecule has 3 heterocycles. The number of esters is 2. The number of ether oxygens (including phenoxy) is 9. The average Bonchev–Trinajstić information content (AvgIpc) is 3.75. The normalized spacial score (nSPS) is 49.9. The van der Waals surface area contributed by atoms with Gasteiger partial charge in [0.25, 0.3) is 0 Å². The van der Waals surface area contributed by atoms with Gasteiger partial charge in [0, 0.05) is 37.9 Å². The first-order valence-corrected chi connectivity index (χ1v) is 22.2. The van der Waals surface area contributed by atoms with E-state index in [9.17, 15) is 24.6 Å². The van der Waals surface area contributed by atoms with E-state index < -0.39 is 102 Å². The van der Waals surface area contributed by atoms with Crippen molar-refractivity contribution in [1.82, 2.24) is 0 Å². The fraction of sp³-hybridized carbons (Fsp3) is 0.889. The molecular weight excluding hydrogens is 764 g/mol. The van der Waals surface area contributed by atoms with Gasteiger partial charge in [0.05, 0.1) is 36.3 Å². The van der Waals surface area contributed by atoms with Crippen molar-refractivity contribution in [3.63, 3.8) is 0 Å². The molecular formula is C45H70O14. The molecule has 3 aliphatic heterocycles. The smallest absolute Gasteiger partial charge is 0.312 e. The van der Waals surface area contributed by atoms with E-state index in [2.05, 4.69) is 13.5 Å². The van der Waals surface area contributed by atoms with Crippen LogP contribution in [0.1, 0.15) is 113 Å². The van der Waals surface area contributed by atoms with Crippen LogP contribution in [0.4, 0.5) is 0 Å². The number of ketones is 1. The van der Waals surface area contributed by atoms with Gasteiger partial charge in [0.2, 0.25) is 0 Å². The Hall–Kier alpha value is -2.01. The van der Waals surface area contributed by atoms with Gasteiger partial charge in [-0.25, -0.2) is 0 Å². The van der Waals surface area contributed by atoms with Crippen LogP contribution in [0.3, 0.4) is 0 Å². The minimum atomic E-state index is -1.22. The molecule has 0 radical (unpaired) electrons. The summed E-state index contributed by atoms with van der Waals surface area (Å²) in [7, 11) is 3.04. The molecule has 2 N–H and O–H groups in total. The van der Waals surface area contributed by atoms with Crippen LogP contribution in [0, 0.1) is 40.4 Å². The molecule has 3 saturated heterocycles. The van der Waals surface area contributed by atoms with E-state index >= 15 is 0 Å². The molecule has 14 nitrogen and oxygen atoms in total. The Morgan fingerprint density at radius 2 is 1.59 bits per heavy atom. The fourth-order valence-electron chi connectivity index (χ4n) is 12.9. The molecule has 21 atom stereocenters. The van der Waals surface area contributed by atoms with E-state index in [0.717, 1.165) is 25.7 Å². The van der Waals surface area contributed by atoms with E-state index in [0.29, 0.717) is 32.1 Å². The van der Waals surface area contributed by atoms with E-state index in [1.54, 1.807) is 34.0 Å². The number of Topliss-reactive ketones (excluding diaryl/α,β-unsaturated/α-hetero) is 1. The lowest BCUT2D eigenvalue weighted by Gasteiger charge is -2.61. The first-order valence-electron chi connectivity index (χ1n) is 22.2. The quantitative estimate of drug-likeness (QED) is 0.112. The standard InChI is InChI=1S/C45H70O14/c1-12-22(3)39(49)56-36-37-42(8)17-15-28(55-31-21-30(51-10)34(26(7)53-31)57-41-33(48)35(52-11)32(47)25(6)54-41)20-27(42)14-18-44(37)45(59-44)19-16-29(24(5)46)43(45,9)38(36)58-40(50)23(4)13-2/h12,22-23,25-38,41,47-48H,1,13-21H2,2-11H3/t22?,23?,25-,26-,27+,28+,29+,30+,31+,32-,33-,34-,35-,36+,37-,38-,41+,42+,43+,44+,45-/m1/s1. The van der Waals surface area contributed by atoms with Crippen molar-refractivity contribution in [1.29, 1.82) is 0 Å². The number of rotatable bonds is 13. The first-order chi connectivity index (χ1) is 27.9. The van der Waals surface area contributed by atoms with E-state index in [1.807, 2.05) is 27.7 Å². The zero-order valence-corrected chi connectivity index (χ0v) is 36.8. The summed E-state index contributed by atoms with van der Waals surface area (Å²) in [4.78, 5) is 41.1. The predicted molar refractivity (Wildman–Crippen MR) is 211 cm³/mol. The Kier molecular flexibility index (Phi) is 12.7. The van der Waals surface area contributed by atoms with Gasteiger partial charge in [-0.2, -0.15) is 0 Å². The molecule has 0 aromatic carbocycles. The topological polar surface area (TPSA) is 178 Å². The van der Waals surface area contributed by atoms with Crippen LogP contribution >= 0.6 is 0 Å². The largest absolute Gasteiger partial charge is 0.458 e. The summed E-state index contributed by atoms with van der Waals surface area (Å²) in [6.45, 7) is 18.9. The highest BCUT2D eigenvalue weighted by molar-refractivity contribution is 5.81. The molecule has 0 bridgehead atoms. The molecule has 0 amide bonds. The maximum absolute atomic E-state index is 13.9. The van der Waals surface area contributed by atoms with Crippen molar-refractivity contribution >= 4 is 17.7 Å². The first kappa shape index (κ1) is 45.0. The van der Waals surface area contributed by atoms with Crippen molar-refractivity contribution in [2.75, 3.05) is 14.2 Å². The Morgan fingerprint density at radius 1 is 0.864 bits per heavy atom. The van der Waals surface area contributed by atoms with Gasteiger partial charge in [-0.15, -0.1) is 6.58 Å². The molecule has 14 heteroatoms. The maximum atomic E-state index is 13.9. The van der Waals surface area contributed by atoms with E-state index in [-0.39, 0.29) is 41.0 Å². The van der Waals surface area contributed by atoms with Crippen molar-refractivity contribution in [3.05, 3.63) is 12.7 Å². The van der Waals surface area contributed by atoms with Crippen LogP contribution in [-0.2, 0) is 57.0 Å². The Balaban J connectivity index is 1.12. The van der Waals surface area contributed by atoms with E-state index in [4.69, 9.17) is 42.6 Å². The molecule has 4 saturated carbocycles. The summed E-state index contributed by atoms with van der Waals surface area (Å²) < 4.78 is 57.0. The minimum Gasteiger partial charge on any atom is -0.458 e. The second-order valence-electron chi connectivity index (χ2n) is 19.4. The monoisotopic (exact) mass is 834 g/mol. The third kappa shape index (κ3) is 7.06. The molecule has 59 heavy (non-hydrogen) atoms. The third-order valence-corrected chi connectivity index (χ3v) is 16.5. The van der Waals surface area contributed by atoms with Crippen LogP contribution in [0.25, 0.3) is 0 Å². The molecule has 334 valence electrons. The lowest BCUT2D eigenvalue weighted by atomic mass is 9.43. The van der Waals surface area contributed by atoms with Crippen molar-refractivity contribution in [2.24, 2.45) is 40.4 Å². The molecule has 0 aromatic rings. The molecule has 0 aromatic heterocycles. The van der Waals surface area contributed by atoms with Gasteiger partial charge < -0.3 is 52.8 Å². The Morgan fingerprint density at radius 3 is 2.24 bits per heavy atom. The Labute approximate surface area is 349 Å². The van der Waals surface area contributed by atoms with E-state index in [1.165, 1.54) is 7.11 Å². The molecule has 4 aliphatic carbocycles. The lowest BCUT2D eigenvalue weighted by Crippen LogP contribution is -2.71. The molecule has 7 rings (SSSR count). The van der Waals surface area contributed by atoms with Gasteiger partial charge in [-0.3, -0.25) is 14.4 Å². The summed E-state index contributed by atoms with van der Waals surface area (Å²) in [5.41, 5.74) is -2.58. The SMILES string of the molecule is C=CC(C)C(=O)O[C@@H]1[C@@H](OC(=O)C(C)CC)[C@]2(C)[C@H](C(C)=O)CC[C@@]23O[C@]32CC[C@H]3C[C@@H](O[C@H]4C[C@H](OC)[C@H](O[C@@H]5O[C@H](C)[C@@H](O)[C@@H](OC)[C@H]5O)[C@@H](C)O4)CC[C@]3(C)[C@@H]12. The van der Waals surface area contributed by atoms with Gasteiger partial charge in [-0.05, 0) is 90.4 Å². The molecule has 7 fully saturated rings. The number of aliphatic hydroxyl groups is 2. The van der Waals surface area contributed by atoms with Gasteiger partial charge in [0.15, 0.2) is 12.6 Å². The number of aliphatic hydroxyl groups excluding tert-OH is 2. The highest BCUT2D eigenvalue weighted by atomic mass is 16.7. The van der Waals surface area contributed by atoms with Crippen molar-refractivity contribution < 1.29 is 67.2 Å². The number of hydrogen-bond acceptors (Lipinski definition) is 14. The average molecular weight is 835 g/mol. The maximum Gasteiger partial charge on any atom is 0.312 e. The summed E-state index contributed by atoms with van der Waals surface area (Å²) in [6.07, 6.45) is -1.01. The molecule has 2 unspecified atom stereocenters. The van der Waals surface area contributed by atoms with Crippen LogP contribution in [0.5, 0.6) is 0 Å². The van der Waals surface area contributed by atoms with Crippen LogP contribution in [0.15, 0.2) is 12.7 Å². The number of hydrogen-bond donors (Lipinski definition) is 2. The second kappa shape index (κ2) is 16.6. The number of epoxide rings is 1. The summed E-state index contributed by atoms with van der Waals surface area (Å²) >= 11 is 0. The van der Waals surface area contributed by atoms with Gasteiger partial charge in [-0.1, -0.05) is 33.8 Å². The number of carbonyl (C=O) groups excluding carboxylic acids is 3. The lowest BCUT2D eigenvalue weighted by molar-refractivity contribution is -0.343. The van der Waals surface area contributed by atoms with Crippen LogP contribution in [0.2, 0.25) is 0 Å². The number of fused-ring (bicyclic) bond motifs is 2. The van der Waals surface area contributed by atoms with Gasteiger partial charge >= 0.3 is 11.9 Å². The van der Waals surface area contributed by atoms with Crippen LogP contribution in [-0.4, -0.2) is 127 Å². The summed E-state index contributed by atoms with van der Waals surface area (Å²) in [6, 6.07) is 0. The fourth-order valence-corrected chi connectivity index (χ4v) is 12.9. The minimum absolute atomic E-state index is 0.0297. The summed E-state index contributed by atoms with van der Waals surface area (Å²) in [5.74, 6) is -2.25. The molecule has 7 aliphatic rings. The van der Waals surface area contributed by atoms with Crippen molar-refractivity contribution in [3.8, 4) is 0 Å². The highest BCUT2D eigenvalue weighted by Crippen LogP contribution is 2.81.